The Kier molecular flexibility index (Phi) is 4.24. The number of hydrogen-bond acceptors (Lipinski definition) is 0. The van der Waals surface area contributed by atoms with Crippen molar-refractivity contribution in [1.29, 1.82) is 0 Å². The van der Waals surface area contributed by atoms with Crippen LogP contribution in [0.5, 0.6) is 0 Å². The van der Waals surface area contributed by atoms with E-state index in [-0.39, 0.29) is 0 Å². The monoisotopic (exact) mass is 338 g/mol. The molecule has 0 aliphatic heterocycles. The van der Waals surface area contributed by atoms with E-state index < -0.39 is 0 Å². The van der Waals surface area contributed by atoms with Crippen molar-refractivity contribution in [1.82, 2.24) is 0 Å². The molecule has 1 unspecified atom stereocenters. The third-order valence-electron chi connectivity index (χ3n) is 0.767. The number of halogens is 2. The summed E-state index contributed by atoms with van der Waals surface area (Å²) in [5.74, 6) is 0. The first-order chi connectivity index (χ1) is 3.42. The molecule has 0 aromatic carbocycles. The third-order valence-corrected chi connectivity index (χ3v) is 1.65. The van der Waals surface area contributed by atoms with E-state index in [4.69, 9.17) is 0 Å². The summed E-state index contributed by atoms with van der Waals surface area (Å²) >= 11 is 4.95. The van der Waals surface area contributed by atoms with E-state index in [0.717, 1.165) is 3.92 Å². The second-order valence-electron chi connectivity index (χ2n) is 2.70. The molecule has 0 spiro atoms. The molecule has 0 saturated heterocycles. The molecule has 0 saturated carbocycles. The summed E-state index contributed by atoms with van der Waals surface area (Å²) in [5, 5.41) is 0. The normalized spacial score (nSPS) is 16.1. The number of rotatable bonds is 2. The van der Waals surface area contributed by atoms with Crippen LogP contribution in [0.1, 0.15) is 27.2 Å². The van der Waals surface area contributed by atoms with Gasteiger partial charge in [-0.1, -0.05) is 66.0 Å². The Bertz CT molecular complexity index is 61.4. The molecular weight excluding hydrogens is 326 g/mol. The van der Waals surface area contributed by atoms with Crippen LogP contribution in [-0.2, 0) is 0 Å². The van der Waals surface area contributed by atoms with Crippen molar-refractivity contribution < 1.29 is 0 Å². The average Bonchev–Trinajstić information content (AvgIpc) is 1.21. The highest BCUT2D eigenvalue weighted by atomic mass is 127. The molecule has 0 aliphatic carbocycles. The van der Waals surface area contributed by atoms with Crippen LogP contribution in [0.4, 0.5) is 0 Å². The van der Waals surface area contributed by atoms with Crippen LogP contribution in [-0.4, -0.2) is 7.35 Å². The molecule has 1 atom stereocenters. The summed E-state index contributed by atoms with van der Waals surface area (Å²) in [5.41, 5.74) is 0. The second-order valence-corrected chi connectivity index (χ2v) is 7.75. The van der Waals surface area contributed by atoms with Gasteiger partial charge in [-0.2, -0.15) is 0 Å². The first-order valence-corrected chi connectivity index (χ1v) is 5.07. The number of hydrogen-bond donors (Lipinski definition) is 0. The van der Waals surface area contributed by atoms with E-state index in [2.05, 4.69) is 66.0 Å². The molecule has 0 bridgehead atoms. The lowest BCUT2D eigenvalue weighted by atomic mass is 10.1. The summed E-state index contributed by atoms with van der Waals surface area (Å²) in [6.07, 6.45) is 1.30. The highest BCUT2D eigenvalue weighted by Crippen LogP contribution is 2.25. The fourth-order valence-corrected chi connectivity index (χ4v) is 3.27. The molecule has 0 fully saturated rings. The van der Waals surface area contributed by atoms with Crippen molar-refractivity contribution in [3.05, 3.63) is 0 Å². The molecule has 8 heavy (non-hydrogen) atoms. The van der Waals surface area contributed by atoms with E-state index >= 15 is 0 Å². The maximum Gasteiger partial charge on any atom is 0.0176 e. The zero-order valence-corrected chi connectivity index (χ0v) is 9.86. The molecule has 2 heteroatoms. The molecule has 50 valence electrons. The van der Waals surface area contributed by atoms with Gasteiger partial charge in [-0.3, -0.25) is 0 Å². The standard InChI is InChI=1S/C6H12I2/c1-5(7)4-6(2,3)8/h5H,4H2,1-3H3. The largest absolute Gasteiger partial charge is 0.0829 e. The van der Waals surface area contributed by atoms with Crippen LogP contribution in [0.15, 0.2) is 0 Å². The summed E-state index contributed by atoms with van der Waals surface area (Å²) in [7, 11) is 0. The second kappa shape index (κ2) is 3.58. The fraction of sp³-hybridized carbons (Fsp3) is 1.00. The van der Waals surface area contributed by atoms with Crippen molar-refractivity contribution in [3.8, 4) is 0 Å². The van der Waals surface area contributed by atoms with Crippen molar-refractivity contribution >= 4 is 45.2 Å². The zero-order valence-electron chi connectivity index (χ0n) is 5.54. The first kappa shape index (κ1) is 9.46. The van der Waals surface area contributed by atoms with Crippen molar-refractivity contribution in [3.63, 3.8) is 0 Å². The molecule has 0 nitrogen and oxygen atoms in total. The summed E-state index contributed by atoms with van der Waals surface area (Å²) in [4.78, 5) is 0. The Balaban J connectivity index is 3.39. The van der Waals surface area contributed by atoms with Gasteiger partial charge in [0.05, 0.1) is 0 Å². The van der Waals surface area contributed by atoms with Gasteiger partial charge in [-0.15, -0.1) is 0 Å². The van der Waals surface area contributed by atoms with Gasteiger partial charge >= 0.3 is 0 Å². The van der Waals surface area contributed by atoms with E-state index in [1.807, 2.05) is 0 Å². The number of alkyl halides is 2. The summed E-state index contributed by atoms with van der Waals surface area (Å²) in [6, 6.07) is 0. The third kappa shape index (κ3) is 7.46. The highest BCUT2D eigenvalue weighted by molar-refractivity contribution is 14.1. The molecular formula is C6H12I2. The lowest BCUT2D eigenvalue weighted by Gasteiger charge is -2.16. The van der Waals surface area contributed by atoms with E-state index in [0.29, 0.717) is 3.42 Å². The Morgan fingerprint density at radius 3 is 1.88 bits per heavy atom. The minimum atomic E-state index is 0.484. The van der Waals surface area contributed by atoms with Gasteiger partial charge in [0.1, 0.15) is 0 Å². The van der Waals surface area contributed by atoms with Gasteiger partial charge in [-0.05, 0) is 6.42 Å². The topological polar surface area (TPSA) is 0 Å². The van der Waals surface area contributed by atoms with Crippen molar-refractivity contribution in [2.75, 3.05) is 0 Å². The van der Waals surface area contributed by atoms with Gasteiger partial charge < -0.3 is 0 Å². The lowest BCUT2D eigenvalue weighted by molar-refractivity contribution is 0.677. The molecule has 0 heterocycles. The molecule has 0 amide bonds. The van der Waals surface area contributed by atoms with Gasteiger partial charge in [0, 0.05) is 7.35 Å². The smallest absolute Gasteiger partial charge is 0.0176 e. The Morgan fingerprint density at radius 1 is 1.50 bits per heavy atom. The summed E-state index contributed by atoms with van der Waals surface area (Å²) in [6.45, 7) is 6.78. The van der Waals surface area contributed by atoms with E-state index in [1.165, 1.54) is 6.42 Å². The Morgan fingerprint density at radius 2 is 1.88 bits per heavy atom. The van der Waals surface area contributed by atoms with Crippen LogP contribution in [0, 0.1) is 0 Å². The van der Waals surface area contributed by atoms with E-state index in [9.17, 15) is 0 Å². The van der Waals surface area contributed by atoms with Crippen LogP contribution >= 0.6 is 45.2 Å². The Hall–Kier alpha value is 1.46. The highest BCUT2D eigenvalue weighted by Gasteiger charge is 2.14. The first-order valence-electron chi connectivity index (χ1n) is 2.75. The van der Waals surface area contributed by atoms with Crippen molar-refractivity contribution in [2.24, 2.45) is 0 Å². The van der Waals surface area contributed by atoms with Crippen LogP contribution in [0.25, 0.3) is 0 Å². The van der Waals surface area contributed by atoms with Crippen molar-refractivity contribution in [2.45, 2.75) is 34.5 Å². The molecule has 0 aromatic heterocycles. The zero-order chi connectivity index (χ0) is 6.78. The van der Waals surface area contributed by atoms with Gasteiger partial charge in [0.15, 0.2) is 0 Å². The fourth-order valence-electron chi connectivity index (χ4n) is 0.669. The SMILES string of the molecule is CC(I)CC(C)(C)I. The average molecular weight is 338 g/mol. The minimum Gasteiger partial charge on any atom is -0.0829 e. The molecule has 0 aliphatic rings. The molecule has 0 N–H and O–H groups in total. The predicted molar refractivity (Wildman–Crippen MR) is 56.2 cm³/mol. The van der Waals surface area contributed by atoms with Crippen LogP contribution in [0.3, 0.4) is 0 Å². The molecule has 0 aromatic rings. The lowest BCUT2D eigenvalue weighted by Crippen LogP contribution is -2.13. The maximum absolute atomic E-state index is 2.49. The molecule has 0 radical (unpaired) electrons. The quantitative estimate of drug-likeness (QED) is 0.535. The predicted octanol–water partition coefficient (Wildman–Crippen LogP) is 3.41. The maximum atomic E-state index is 2.49. The van der Waals surface area contributed by atoms with E-state index in [1.54, 1.807) is 0 Å². The molecule has 0 rings (SSSR count). The van der Waals surface area contributed by atoms with Gasteiger partial charge in [0.2, 0.25) is 0 Å². The Labute approximate surface area is 79.1 Å². The van der Waals surface area contributed by atoms with Gasteiger partial charge in [0.25, 0.3) is 0 Å². The summed E-state index contributed by atoms with van der Waals surface area (Å²) < 4.78 is 1.29. The van der Waals surface area contributed by atoms with Crippen LogP contribution in [0.2, 0.25) is 0 Å². The van der Waals surface area contributed by atoms with Crippen LogP contribution < -0.4 is 0 Å². The minimum absolute atomic E-state index is 0.484. The van der Waals surface area contributed by atoms with Gasteiger partial charge in [-0.25, -0.2) is 0 Å².